The number of furan rings is 1. The van der Waals surface area contributed by atoms with Crippen LogP contribution in [0.25, 0.3) is 0 Å². The molecule has 0 bridgehead atoms. The van der Waals surface area contributed by atoms with E-state index in [0.29, 0.717) is 10.8 Å². The summed E-state index contributed by atoms with van der Waals surface area (Å²) in [5.74, 6) is -0.499. The van der Waals surface area contributed by atoms with E-state index in [2.05, 4.69) is 4.74 Å². The van der Waals surface area contributed by atoms with Crippen molar-refractivity contribution < 1.29 is 28.3 Å². The minimum Gasteiger partial charge on any atom is -0.463 e. The van der Waals surface area contributed by atoms with Gasteiger partial charge in [-0.2, -0.15) is 0 Å². The molecule has 1 aromatic rings. The molecular weight excluding hydrogens is 310 g/mol. The maximum Gasteiger partial charge on any atom is 0.373 e. The molecule has 2 heterocycles. The quantitative estimate of drug-likeness (QED) is 0.599. The number of esters is 2. The third kappa shape index (κ3) is 3.70. The van der Waals surface area contributed by atoms with Crippen molar-refractivity contribution in [3.8, 4) is 0 Å². The van der Waals surface area contributed by atoms with Crippen molar-refractivity contribution in [3.63, 3.8) is 0 Å². The first kappa shape index (κ1) is 16.2. The Hall–Kier alpha value is -2.22. The number of amides is 1. The molecule has 0 aliphatic carbocycles. The predicted molar refractivity (Wildman–Crippen MR) is 77.8 cm³/mol. The molecule has 0 N–H and O–H groups in total. The summed E-state index contributed by atoms with van der Waals surface area (Å²) in [5, 5.41) is 0.500. The van der Waals surface area contributed by atoms with Gasteiger partial charge in [0.05, 0.1) is 37.1 Å². The van der Waals surface area contributed by atoms with Crippen LogP contribution in [0.15, 0.2) is 27.7 Å². The third-order valence-corrected chi connectivity index (χ3v) is 3.83. The van der Waals surface area contributed by atoms with Crippen molar-refractivity contribution in [2.75, 3.05) is 19.5 Å². The molecule has 7 nitrogen and oxygen atoms in total. The minimum atomic E-state index is -0.587. The molecule has 0 aromatic carbocycles. The van der Waals surface area contributed by atoms with Gasteiger partial charge in [0.1, 0.15) is 5.76 Å². The summed E-state index contributed by atoms with van der Waals surface area (Å²) in [4.78, 5) is 36.2. The molecule has 2 rings (SSSR count). The highest BCUT2D eigenvalue weighted by molar-refractivity contribution is 8.04. The van der Waals surface area contributed by atoms with E-state index in [9.17, 15) is 14.4 Å². The van der Waals surface area contributed by atoms with Crippen LogP contribution in [0.4, 0.5) is 0 Å². The van der Waals surface area contributed by atoms with Crippen LogP contribution in [0.3, 0.4) is 0 Å². The fourth-order valence-corrected chi connectivity index (χ4v) is 2.74. The molecule has 1 fully saturated rings. The number of carbonyl (C=O) groups is 3. The number of ether oxygens (including phenoxy) is 2. The zero-order valence-electron chi connectivity index (χ0n) is 12.2. The van der Waals surface area contributed by atoms with Crippen molar-refractivity contribution >= 4 is 29.6 Å². The van der Waals surface area contributed by atoms with Crippen LogP contribution in [-0.2, 0) is 25.6 Å². The Morgan fingerprint density at radius 2 is 2.23 bits per heavy atom. The molecule has 0 atom stereocenters. The largest absolute Gasteiger partial charge is 0.463 e. The molecule has 1 aliphatic heterocycles. The van der Waals surface area contributed by atoms with Gasteiger partial charge in [-0.25, -0.2) is 9.59 Å². The molecule has 0 spiro atoms. The molecule has 0 radical (unpaired) electrons. The summed E-state index contributed by atoms with van der Waals surface area (Å²) in [5.41, 5.74) is 0. The lowest BCUT2D eigenvalue weighted by Gasteiger charge is -2.15. The van der Waals surface area contributed by atoms with Gasteiger partial charge in [-0.1, -0.05) is 11.8 Å². The first-order chi connectivity index (χ1) is 10.5. The van der Waals surface area contributed by atoms with Gasteiger partial charge in [0.2, 0.25) is 11.7 Å². The first-order valence-electron chi connectivity index (χ1n) is 6.53. The lowest BCUT2D eigenvalue weighted by atomic mass is 10.4. The first-order valence-corrected chi connectivity index (χ1v) is 7.52. The Labute approximate surface area is 131 Å². The molecule has 1 amide bonds. The molecule has 1 aromatic heterocycles. The average Bonchev–Trinajstić information content (AvgIpc) is 3.09. The summed E-state index contributed by atoms with van der Waals surface area (Å²) < 4.78 is 14.7. The van der Waals surface area contributed by atoms with Crippen LogP contribution < -0.4 is 0 Å². The molecular formula is C14H15NO6S. The second-order valence-electron chi connectivity index (χ2n) is 4.26. The van der Waals surface area contributed by atoms with E-state index in [4.69, 9.17) is 9.15 Å². The van der Waals surface area contributed by atoms with Crippen LogP contribution in [0.5, 0.6) is 0 Å². The Morgan fingerprint density at radius 3 is 2.91 bits per heavy atom. The summed E-state index contributed by atoms with van der Waals surface area (Å²) in [6, 6.07) is 3.06. The van der Waals surface area contributed by atoms with E-state index in [-0.39, 0.29) is 30.6 Å². The van der Waals surface area contributed by atoms with Crippen molar-refractivity contribution in [2.24, 2.45) is 0 Å². The summed E-state index contributed by atoms with van der Waals surface area (Å²) in [6.45, 7) is 2.11. The van der Waals surface area contributed by atoms with Gasteiger partial charge in [-0.3, -0.25) is 9.69 Å². The molecule has 118 valence electrons. The lowest BCUT2D eigenvalue weighted by molar-refractivity contribution is -0.137. The van der Waals surface area contributed by atoms with Crippen molar-refractivity contribution in [2.45, 2.75) is 13.5 Å². The SMILES string of the molecule is CCOC(=O)/C=C1\SCC(=O)N1Cc1ccc(C(=O)OC)o1. The number of hydrogen-bond acceptors (Lipinski definition) is 7. The summed E-state index contributed by atoms with van der Waals surface area (Å²) >= 11 is 1.25. The molecule has 0 unspecified atom stereocenters. The zero-order valence-corrected chi connectivity index (χ0v) is 13.0. The van der Waals surface area contributed by atoms with E-state index in [1.807, 2.05) is 0 Å². The lowest BCUT2D eigenvalue weighted by Crippen LogP contribution is -2.24. The fraction of sp³-hybridized carbons (Fsp3) is 0.357. The monoisotopic (exact) mass is 325 g/mol. The van der Waals surface area contributed by atoms with E-state index in [0.717, 1.165) is 0 Å². The van der Waals surface area contributed by atoms with Gasteiger partial charge >= 0.3 is 11.9 Å². The zero-order chi connectivity index (χ0) is 16.1. The molecule has 1 saturated heterocycles. The fourth-order valence-electron chi connectivity index (χ4n) is 1.81. The predicted octanol–water partition coefficient (Wildman–Crippen LogP) is 1.55. The van der Waals surface area contributed by atoms with Crippen LogP contribution in [0.1, 0.15) is 23.2 Å². The van der Waals surface area contributed by atoms with Crippen molar-refractivity contribution in [1.29, 1.82) is 0 Å². The number of carbonyl (C=O) groups excluding carboxylic acids is 3. The number of hydrogen-bond donors (Lipinski definition) is 0. The highest BCUT2D eigenvalue weighted by Crippen LogP contribution is 2.30. The highest BCUT2D eigenvalue weighted by Gasteiger charge is 2.28. The Kier molecular flexibility index (Phi) is 5.26. The number of nitrogens with zero attached hydrogens (tertiary/aromatic N) is 1. The normalized spacial score (nSPS) is 16.2. The number of methoxy groups -OCH3 is 1. The Bertz CT molecular complexity index is 621. The second kappa shape index (κ2) is 7.17. The van der Waals surface area contributed by atoms with Gasteiger partial charge < -0.3 is 13.9 Å². The van der Waals surface area contributed by atoms with Crippen molar-refractivity contribution in [3.05, 3.63) is 34.8 Å². The van der Waals surface area contributed by atoms with E-state index < -0.39 is 11.9 Å². The maximum atomic E-state index is 11.9. The number of rotatable bonds is 5. The van der Waals surface area contributed by atoms with E-state index in [1.165, 1.54) is 35.9 Å². The van der Waals surface area contributed by atoms with Gasteiger partial charge in [-0.15, -0.1) is 0 Å². The second-order valence-corrected chi connectivity index (χ2v) is 5.26. The van der Waals surface area contributed by atoms with Crippen LogP contribution in [-0.4, -0.2) is 42.2 Å². The Balaban J connectivity index is 2.12. The van der Waals surface area contributed by atoms with Crippen LogP contribution >= 0.6 is 11.8 Å². The van der Waals surface area contributed by atoms with E-state index in [1.54, 1.807) is 13.0 Å². The minimum absolute atomic E-state index is 0.0627. The van der Waals surface area contributed by atoms with Gasteiger partial charge in [0.15, 0.2) is 0 Å². The smallest absolute Gasteiger partial charge is 0.373 e. The maximum absolute atomic E-state index is 11.9. The molecule has 1 aliphatic rings. The summed E-state index contributed by atoms with van der Waals surface area (Å²) in [6.07, 6.45) is 1.28. The van der Waals surface area contributed by atoms with Gasteiger partial charge in [0, 0.05) is 0 Å². The van der Waals surface area contributed by atoms with Gasteiger partial charge in [-0.05, 0) is 19.1 Å². The van der Waals surface area contributed by atoms with Crippen molar-refractivity contribution in [1.82, 2.24) is 4.90 Å². The Morgan fingerprint density at radius 1 is 1.45 bits per heavy atom. The topological polar surface area (TPSA) is 86.1 Å². The molecule has 0 saturated carbocycles. The van der Waals surface area contributed by atoms with Gasteiger partial charge in [0.25, 0.3) is 0 Å². The molecule has 22 heavy (non-hydrogen) atoms. The third-order valence-electron chi connectivity index (χ3n) is 2.80. The summed E-state index contributed by atoms with van der Waals surface area (Å²) in [7, 11) is 1.26. The standard InChI is InChI=1S/C14H15NO6S/c1-3-20-13(17)6-12-15(11(16)8-22-12)7-9-4-5-10(21-9)14(18)19-2/h4-6H,3,7-8H2,1-2H3/b12-6-. The van der Waals surface area contributed by atoms with Crippen LogP contribution in [0.2, 0.25) is 0 Å². The molecule has 8 heteroatoms. The number of thioether (sulfide) groups is 1. The average molecular weight is 325 g/mol. The van der Waals surface area contributed by atoms with Crippen LogP contribution in [0, 0.1) is 0 Å². The van der Waals surface area contributed by atoms with E-state index >= 15 is 0 Å². The highest BCUT2D eigenvalue weighted by atomic mass is 32.2.